The maximum atomic E-state index is 12.7. The van der Waals surface area contributed by atoms with Gasteiger partial charge in [0.2, 0.25) is 0 Å². The average molecular weight is 447 g/mol. The third-order valence-electron chi connectivity index (χ3n) is 5.52. The molecule has 1 N–H and O–H groups in total. The van der Waals surface area contributed by atoms with Gasteiger partial charge in [0.25, 0.3) is 5.91 Å². The largest absolute Gasteiger partial charge is 0.490 e. The third kappa shape index (κ3) is 4.58. The Morgan fingerprint density at radius 2 is 1.88 bits per heavy atom. The van der Waals surface area contributed by atoms with Gasteiger partial charge >= 0.3 is 0 Å². The summed E-state index contributed by atoms with van der Waals surface area (Å²) in [5.74, 6) is 0.930. The normalized spacial score (nSPS) is 15.0. The van der Waals surface area contributed by atoms with Crippen LogP contribution < -0.4 is 10.1 Å². The highest BCUT2D eigenvalue weighted by molar-refractivity contribution is 7.12. The molecule has 4 aromatic rings. The van der Waals surface area contributed by atoms with E-state index in [1.807, 2.05) is 36.4 Å². The second-order valence-corrected chi connectivity index (χ2v) is 8.68. The number of fused-ring (bicyclic) bond motifs is 1. The Morgan fingerprint density at radius 1 is 1.06 bits per heavy atom. The van der Waals surface area contributed by atoms with Gasteiger partial charge < -0.3 is 15.0 Å². The molecule has 3 heterocycles. The average Bonchev–Trinajstić information content (AvgIpc) is 3.36. The van der Waals surface area contributed by atoms with Crippen molar-refractivity contribution >= 4 is 34.0 Å². The van der Waals surface area contributed by atoms with Crippen molar-refractivity contribution in [2.75, 3.05) is 25.5 Å². The molecular formula is C23H22N6O2S. The summed E-state index contributed by atoms with van der Waals surface area (Å²) in [4.78, 5) is 15.0. The molecular weight excluding hydrogens is 424 g/mol. The summed E-state index contributed by atoms with van der Waals surface area (Å²) in [5, 5.41) is 20.9. The number of aromatic nitrogens is 4. The summed E-state index contributed by atoms with van der Waals surface area (Å²) in [6, 6.07) is 14.8. The van der Waals surface area contributed by atoms with Crippen LogP contribution in [0.1, 0.15) is 23.2 Å². The number of benzene rings is 2. The zero-order chi connectivity index (χ0) is 21.9. The summed E-state index contributed by atoms with van der Waals surface area (Å²) in [7, 11) is 2.13. The van der Waals surface area contributed by atoms with Crippen LogP contribution in [0.5, 0.6) is 5.75 Å². The first-order valence-electron chi connectivity index (χ1n) is 10.4. The van der Waals surface area contributed by atoms with Gasteiger partial charge in [0.1, 0.15) is 22.4 Å². The Labute approximate surface area is 189 Å². The molecule has 1 amide bonds. The maximum Gasteiger partial charge on any atom is 0.256 e. The minimum atomic E-state index is -0.246. The smallest absolute Gasteiger partial charge is 0.256 e. The molecule has 1 aliphatic heterocycles. The number of nitrogens with zero attached hydrogens (tertiary/aromatic N) is 5. The van der Waals surface area contributed by atoms with E-state index in [1.165, 1.54) is 11.3 Å². The molecule has 0 saturated carbocycles. The van der Waals surface area contributed by atoms with Crippen LogP contribution in [0.4, 0.5) is 5.82 Å². The van der Waals surface area contributed by atoms with Crippen LogP contribution in [-0.2, 0) is 0 Å². The molecule has 0 bridgehead atoms. The molecule has 2 aromatic carbocycles. The van der Waals surface area contributed by atoms with Crippen molar-refractivity contribution < 1.29 is 9.53 Å². The Morgan fingerprint density at radius 3 is 2.62 bits per heavy atom. The summed E-state index contributed by atoms with van der Waals surface area (Å²) in [6.45, 7) is 2.08. The lowest BCUT2D eigenvalue weighted by Crippen LogP contribution is -2.35. The molecule has 1 aliphatic rings. The van der Waals surface area contributed by atoms with Gasteiger partial charge in [0, 0.05) is 29.6 Å². The molecule has 9 heteroatoms. The molecule has 0 atom stereocenters. The van der Waals surface area contributed by atoms with Gasteiger partial charge in [0.05, 0.1) is 5.52 Å². The number of amides is 1. The monoisotopic (exact) mass is 446 g/mol. The highest BCUT2D eigenvalue weighted by Crippen LogP contribution is 2.25. The molecule has 1 saturated heterocycles. The molecule has 1 fully saturated rings. The quantitative estimate of drug-likeness (QED) is 0.497. The standard InChI is InChI=1S/C23H22N6O2S/c1-29-10-8-19(9-11-29)31-18-5-2-15(3-6-18)22(30)25-21-13-17-12-16(23-28-24-14-32-23)4-7-20(17)26-27-21/h2-7,12-14,19H,8-11H2,1H3,(H,25,27,30). The van der Waals surface area contributed by atoms with E-state index in [0.717, 1.165) is 53.2 Å². The fourth-order valence-corrected chi connectivity index (χ4v) is 4.26. The van der Waals surface area contributed by atoms with Crippen molar-refractivity contribution in [1.29, 1.82) is 0 Å². The van der Waals surface area contributed by atoms with Gasteiger partial charge in [-0.1, -0.05) is 11.3 Å². The molecule has 8 nitrogen and oxygen atoms in total. The number of anilines is 1. The summed E-state index contributed by atoms with van der Waals surface area (Å²) < 4.78 is 6.06. The van der Waals surface area contributed by atoms with Crippen molar-refractivity contribution in [2.45, 2.75) is 18.9 Å². The number of hydrogen-bond acceptors (Lipinski definition) is 8. The van der Waals surface area contributed by atoms with Gasteiger partial charge in [-0.3, -0.25) is 4.79 Å². The Kier molecular flexibility index (Phi) is 5.74. The topological polar surface area (TPSA) is 93.1 Å². The lowest BCUT2D eigenvalue weighted by molar-refractivity contribution is 0.102. The van der Waals surface area contributed by atoms with E-state index in [1.54, 1.807) is 17.6 Å². The molecule has 2 aromatic heterocycles. The summed E-state index contributed by atoms with van der Waals surface area (Å²) in [6.07, 6.45) is 2.25. The first-order chi connectivity index (χ1) is 15.6. The van der Waals surface area contributed by atoms with Crippen molar-refractivity contribution in [3.05, 3.63) is 59.6 Å². The van der Waals surface area contributed by atoms with E-state index in [-0.39, 0.29) is 12.0 Å². The molecule has 5 rings (SSSR count). The van der Waals surface area contributed by atoms with Crippen molar-refractivity contribution in [1.82, 2.24) is 25.3 Å². The first-order valence-corrected chi connectivity index (χ1v) is 11.3. The fraction of sp³-hybridized carbons (Fsp3) is 0.261. The molecule has 0 aliphatic carbocycles. The predicted molar refractivity (Wildman–Crippen MR) is 124 cm³/mol. The number of nitrogens with one attached hydrogen (secondary N) is 1. The minimum Gasteiger partial charge on any atom is -0.490 e. The number of carbonyl (C=O) groups excluding carboxylic acids is 1. The number of hydrogen-bond donors (Lipinski definition) is 1. The van der Waals surface area contributed by atoms with Crippen LogP contribution in [-0.4, -0.2) is 57.4 Å². The van der Waals surface area contributed by atoms with E-state index in [0.29, 0.717) is 11.4 Å². The van der Waals surface area contributed by atoms with Crippen LogP contribution in [0, 0.1) is 0 Å². The lowest BCUT2D eigenvalue weighted by atomic mass is 10.1. The Hall–Kier alpha value is -3.43. The Bertz CT molecular complexity index is 1220. The molecule has 0 spiro atoms. The highest BCUT2D eigenvalue weighted by Gasteiger charge is 2.18. The van der Waals surface area contributed by atoms with Crippen LogP contribution >= 0.6 is 11.3 Å². The first kappa shape index (κ1) is 20.5. The van der Waals surface area contributed by atoms with E-state index >= 15 is 0 Å². The van der Waals surface area contributed by atoms with Crippen LogP contribution in [0.2, 0.25) is 0 Å². The van der Waals surface area contributed by atoms with Gasteiger partial charge in [-0.15, -0.1) is 20.4 Å². The highest BCUT2D eigenvalue weighted by atomic mass is 32.1. The lowest BCUT2D eigenvalue weighted by Gasteiger charge is -2.29. The van der Waals surface area contributed by atoms with Gasteiger partial charge in [-0.2, -0.15) is 0 Å². The van der Waals surface area contributed by atoms with Gasteiger partial charge in [0.15, 0.2) is 5.82 Å². The number of ether oxygens (including phenoxy) is 1. The zero-order valence-corrected chi connectivity index (χ0v) is 18.4. The number of likely N-dealkylation sites (tertiary alicyclic amines) is 1. The fourth-order valence-electron chi connectivity index (χ4n) is 3.71. The van der Waals surface area contributed by atoms with Crippen LogP contribution in [0.25, 0.3) is 21.5 Å². The number of carbonyl (C=O) groups is 1. The minimum absolute atomic E-state index is 0.226. The second kappa shape index (κ2) is 8.97. The van der Waals surface area contributed by atoms with Gasteiger partial charge in [-0.25, -0.2) is 0 Å². The van der Waals surface area contributed by atoms with Crippen LogP contribution in [0.3, 0.4) is 0 Å². The SMILES string of the molecule is CN1CCC(Oc2ccc(C(=O)Nc3cc4cc(-c5nncs5)ccc4nn3)cc2)CC1. The van der Waals surface area contributed by atoms with Crippen molar-refractivity contribution in [3.8, 4) is 16.3 Å². The molecule has 0 radical (unpaired) electrons. The van der Waals surface area contributed by atoms with Crippen molar-refractivity contribution in [2.24, 2.45) is 0 Å². The molecule has 162 valence electrons. The maximum absolute atomic E-state index is 12.7. The van der Waals surface area contributed by atoms with E-state index in [4.69, 9.17) is 4.74 Å². The third-order valence-corrected chi connectivity index (χ3v) is 6.26. The van der Waals surface area contributed by atoms with Crippen molar-refractivity contribution in [3.63, 3.8) is 0 Å². The number of rotatable bonds is 5. The Balaban J connectivity index is 1.26. The molecule has 32 heavy (non-hydrogen) atoms. The summed E-state index contributed by atoms with van der Waals surface area (Å²) >= 11 is 1.47. The van der Waals surface area contributed by atoms with E-state index in [9.17, 15) is 4.79 Å². The van der Waals surface area contributed by atoms with Gasteiger partial charge in [-0.05, 0) is 68.4 Å². The zero-order valence-electron chi connectivity index (χ0n) is 17.6. The van der Waals surface area contributed by atoms with E-state index in [2.05, 4.69) is 37.7 Å². The predicted octanol–water partition coefficient (Wildman–Crippen LogP) is 3.87. The summed E-state index contributed by atoms with van der Waals surface area (Å²) in [5.41, 5.74) is 3.92. The second-order valence-electron chi connectivity index (χ2n) is 7.85. The molecule has 0 unspecified atom stereocenters. The number of piperidine rings is 1. The van der Waals surface area contributed by atoms with E-state index < -0.39 is 0 Å². The van der Waals surface area contributed by atoms with Crippen LogP contribution in [0.15, 0.2) is 54.0 Å².